The van der Waals surface area contributed by atoms with E-state index < -0.39 is 0 Å². The smallest absolute Gasteiger partial charge is 0.246 e. The van der Waals surface area contributed by atoms with E-state index in [4.69, 9.17) is 4.74 Å². The molecule has 3 heterocycles. The number of hydrogen-bond donors (Lipinski definition) is 3. The first kappa shape index (κ1) is 13.1. The highest BCUT2D eigenvalue weighted by Crippen LogP contribution is 2.31. The van der Waals surface area contributed by atoms with Gasteiger partial charge >= 0.3 is 0 Å². The first-order valence-corrected chi connectivity index (χ1v) is 6.95. The topological polar surface area (TPSA) is 88.2 Å². The number of hydrogen-bond acceptors (Lipinski definition) is 6. The summed E-state index contributed by atoms with van der Waals surface area (Å²) in [5.74, 6) is 1.90. The van der Waals surface area contributed by atoms with Gasteiger partial charge in [0, 0.05) is 13.2 Å². The highest BCUT2D eigenvalue weighted by molar-refractivity contribution is 6.04. The van der Waals surface area contributed by atoms with E-state index in [9.17, 15) is 4.79 Å². The Hall–Kier alpha value is -1.89. The Morgan fingerprint density at radius 3 is 3.05 bits per heavy atom. The third kappa shape index (κ3) is 2.53. The first-order chi connectivity index (χ1) is 9.63. The molecule has 1 amide bonds. The monoisotopic (exact) mass is 277 g/mol. The van der Waals surface area contributed by atoms with E-state index >= 15 is 0 Å². The van der Waals surface area contributed by atoms with E-state index in [-0.39, 0.29) is 18.1 Å². The normalized spacial score (nSPS) is 24.8. The van der Waals surface area contributed by atoms with Crippen molar-refractivity contribution in [3.8, 4) is 0 Å². The van der Waals surface area contributed by atoms with Gasteiger partial charge in [0.1, 0.15) is 17.6 Å². The number of fused-ring (bicyclic) bond motifs is 1. The van der Waals surface area contributed by atoms with E-state index in [1.54, 1.807) is 6.92 Å². The molecule has 0 aliphatic carbocycles. The molecule has 20 heavy (non-hydrogen) atoms. The maximum atomic E-state index is 11.8. The van der Waals surface area contributed by atoms with Gasteiger partial charge in [-0.05, 0) is 26.7 Å². The van der Waals surface area contributed by atoms with E-state index in [2.05, 4.69) is 25.9 Å². The van der Waals surface area contributed by atoms with Gasteiger partial charge in [0.15, 0.2) is 11.6 Å². The molecule has 7 heteroatoms. The summed E-state index contributed by atoms with van der Waals surface area (Å²) < 4.78 is 5.58. The summed E-state index contributed by atoms with van der Waals surface area (Å²) in [5, 5.41) is 9.20. The van der Waals surface area contributed by atoms with Gasteiger partial charge in [0.2, 0.25) is 5.91 Å². The summed E-state index contributed by atoms with van der Waals surface area (Å²) >= 11 is 0. The van der Waals surface area contributed by atoms with Gasteiger partial charge in [-0.15, -0.1) is 0 Å². The second-order valence-electron chi connectivity index (χ2n) is 5.21. The summed E-state index contributed by atoms with van der Waals surface area (Å²) in [7, 11) is 0. The van der Waals surface area contributed by atoms with Gasteiger partial charge in [0.05, 0.1) is 6.10 Å². The van der Waals surface area contributed by atoms with Crippen molar-refractivity contribution in [2.45, 2.75) is 38.8 Å². The number of anilines is 3. The van der Waals surface area contributed by atoms with Crippen LogP contribution in [0, 0.1) is 6.92 Å². The maximum Gasteiger partial charge on any atom is 0.246 e. The van der Waals surface area contributed by atoms with Crippen LogP contribution in [0.4, 0.5) is 17.3 Å². The molecule has 7 nitrogen and oxygen atoms in total. The zero-order chi connectivity index (χ0) is 14.1. The van der Waals surface area contributed by atoms with Gasteiger partial charge in [0.25, 0.3) is 0 Å². The molecule has 2 atom stereocenters. The number of aryl methyl sites for hydroxylation is 1. The zero-order valence-corrected chi connectivity index (χ0v) is 11.7. The van der Waals surface area contributed by atoms with Crippen LogP contribution in [0.3, 0.4) is 0 Å². The molecule has 0 bridgehead atoms. The minimum Gasteiger partial charge on any atom is -0.376 e. The van der Waals surface area contributed by atoms with Gasteiger partial charge in [-0.2, -0.15) is 0 Å². The van der Waals surface area contributed by atoms with E-state index in [0.29, 0.717) is 29.7 Å². The SMILES string of the molecule is Cc1nc(NCC2CCCO2)c2c(n1)NC(C)C(=O)N2. The number of carbonyl (C=O) groups is 1. The highest BCUT2D eigenvalue weighted by atomic mass is 16.5. The molecule has 0 aromatic carbocycles. The fraction of sp³-hybridized carbons (Fsp3) is 0.615. The molecule has 2 aliphatic heterocycles. The minimum absolute atomic E-state index is 0.0786. The summed E-state index contributed by atoms with van der Waals surface area (Å²) in [4.78, 5) is 20.5. The molecule has 2 unspecified atom stereocenters. The predicted molar refractivity (Wildman–Crippen MR) is 75.9 cm³/mol. The van der Waals surface area contributed by atoms with Crippen LogP contribution in [-0.4, -0.2) is 41.2 Å². The second-order valence-corrected chi connectivity index (χ2v) is 5.21. The minimum atomic E-state index is -0.289. The van der Waals surface area contributed by atoms with Crippen molar-refractivity contribution in [2.75, 3.05) is 29.1 Å². The van der Waals surface area contributed by atoms with Crippen LogP contribution in [-0.2, 0) is 9.53 Å². The molecule has 1 aromatic rings. The number of rotatable bonds is 3. The fourth-order valence-electron chi connectivity index (χ4n) is 2.44. The van der Waals surface area contributed by atoms with Gasteiger partial charge in [-0.1, -0.05) is 0 Å². The van der Waals surface area contributed by atoms with Gasteiger partial charge < -0.3 is 20.7 Å². The van der Waals surface area contributed by atoms with Crippen LogP contribution in [0.2, 0.25) is 0 Å². The Bertz CT molecular complexity index is 528. The van der Waals surface area contributed by atoms with Crippen LogP contribution >= 0.6 is 0 Å². The van der Waals surface area contributed by atoms with Crippen molar-refractivity contribution >= 4 is 23.2 Å². The van der Waals surface area contributed by atoms with Gasteiger partial charge in [-0.25, -0.2) is 9.97 Å². The number of amides is 1. The third-order valence-electron chi connectivity index (χ3n) is 3.54. The van der Waals surface area contributed by atoms with E-state index in [0.717, 1.165) is 19.4 Å². The molecule has 0 saturated carbocycles. The number of nitrogens with one attached hydrogen (secondary N) is 3. The Kier molecular flexibility index (Phi) is 3.43. The molecule has 1 aromatic heterocycles. The number of aromatic nitrogens is 2. The highest BCUT2D eigenvalue weighted by Gasteiger charge is 2.26. The lowest BCUT2D eigenvalue weighted by Gasteiger charge is -2.25. The molecule has 2 aliphatic rings. The molecular weight excluding hydrogens is 258 g/mol. The van der Waals surface area contributed by atoms with Crippen molar-refractivity contribution in [1.82, 2.24) is 9.97 Å². The molecule has 0 spiro atoms. The second kappa shape index (κ2) is 5.24. The first-order valence-electron chi connectivity index (χ1n) is 6.95. The van der Waals surface area contributed by atoms with Crippen molar-refractivity contribution in [2.24, 2.45) is 0 Å². The number of ether oxygens (including phenoxy) is 1. The predicted octanol–water partition coefficient (Wildman–Crippen LogP) is 1.13. The molecule has 0 radical (unpaired) electrons. The average Bonchev–Trinajstić information content (AvgIpc) is 2.91. The van der Waals surface area contributed by atoms with Crippen LogP contribution in [0.15, 0.2) is 0 Å². The largest absolute Gasteiger partial charge is 0.376 e. The summed E-state index contributed by atoms with van der Waals surface area (Å²) in [6, 6.07) is -0.289. The lowest BCUT2D eigenvalue weighted by Crippen LogP contribution is -2.37. The Morgan fingerprint density at radius 2 is 2.30 bits per heavy atom. The van der Waals surface area contributed by atoms with Gasteiger partial charge in [-0.3, -0.25) is 4.79 Å². The molecule has 1 fully saturated rings. The van der Waals surface area contributed by atoms with Crippen LogP contribution in [0.25, 0.3) is 0 Å². The molecule has 3 N–H and O–H groups in total. The third-order valence-corrected chi connectivity index (χ3v) is 3.54. The lowest BCUT2D eigenvalue weighted by atomic mass is 10.2. The quantitative estimate of drug-likeness (QED) is 0.767. The lowest BCUT2D eigenvalue weighted by molar-refractivity contribution is -0.116. The van der Waals surface area contributed by atoms with Crippen molar-refractivity contribution in [3.05, 3.63) is 5.82 Å². The van der Waals surface area contributed by atoms with Crippen LogP contribution in [0.1, 0.15) is 25.6 Å². The molecule has 1 saturated heterocycles. The van der Waals surface area contributed by atoms with Crippen molar-refractivity contribution in [1.29, 1.82) is 0 Å². The maximum absolute atomic E-state index is 11.8. The zero-order valence-electron chi connectivity index (χ0n) is 11.7. The molecule has 108 valence electrons. The van der Waals surface area contributed by atoms with E-state index in [1.807, 2.05) is 6.92 Å². The van der Waals surface area contributed by atoms with Crippen LogP contribution in [0.5, 0.6) is 0 Å². The fourth-order valence-corrected chi connectivity index (χ4v) is 2.44. The summed E-state index contributed by atoms with van der Waals surface area (Å²) in [6.45, 7) is 5.15. The standard InChI is InChI=1S/C13H19N5O2/c1-7-13(19)18-10-11(14-6-9-4-3-5-20-9)16-8(2)17-12(10)15-7/h7,9H,3-6H2,1-2H3,(H,18,19)(H2,14,15,16,17). The summed E-state index contributed by atoms with van der Waals surface area (Å²) in [6.07, 6.45) is 2.37. The van der Waals surface area contributed by atoms with Crippen molar-refractivity contribution < 1.29 is 9.53 Å². The Labute approximate surface area is 117 Å². The average molecular weight is 277 g/mol. The molecule has 3 rings (SSSR count). The van der Waals surface area contributed by atoms with Crippen LogP contribution < -0.4 is 16.0 Å². The summed E-state index contributed by atoms with van der Waals surface area (Å²) in [5.41, 5.74) is 0.622. The van der Waals surface area contributed by atoms with E-state index in [1.165, 1.54) is 0 Å². The Balaban J connectivity index is 1.81. The number of carbonyl (C=O) groups excluding carboxylic acids is 1. The van der Waals surface area contributed by atoms with Crippen molar-refractivity contribution in [3.63, 3.8) is 0 Å². The molecular formula is C13H19N5O2. The number of nitrogens with zero attached hydrogens (tertiary/aromatic N) is 2. The Morgan fingerprint density at radius 1 is 1.45 bits per heavy atom.